The van der Waals surface area contributed by atoms with Crippen LogP contribution in [-0.4, -0.2) is 29.9 Å². The van der Waals surface area contributed by atoms with Crippen LogP contribution in [0.3, 0.4) is 0 Å². The van der Waals surface area contributed by atoms with Gasteiger partial charge in [-0.3, -0.25) is 4.79 Å². The van der Waals surface area contributed by atoms with E-state index in [4.69, 9.17) is 10.5 Å². The van der Waals surface area contributed by atoms with E-state index in [2.05, 4.69) is 15.3 Å². The van der Waals surface area contributed by atoms with Crippen molar-refractivity contribution in [3.8, 4) is 5.75 Å². The molecule has 0 atom stereocenters. The first-order chi connectivity index (χ1) is 9.56. The van der Waals surface area contributed by atoms with E-state index in [1.807, 2.05) is 0 Å². The minimum Gasteiger partial charge on any atom is -0.496 e. The number of rotatable bonds is 4. The molecule has 2 aromatic rings. The van der Waals surface area contributed by atoms with Crippen molar-refractivity contribution in [1.29, 1.82) is 0 Å². The first-order valence-corrected chi connectivity index (χ1v) is 5.75. The lowest BCUT2D eigenvalue weighted by atomic mass is 10.0. The smallest absolute Gasteiger partial charge is 0.224 e. The highest BCUT2D eigenvalue weighted by molar-refractivity contribution is 6.13. The summed E-state index contributed by atoms with van der Waals surface area (Å²) < 4.78 is 18.3. The van der Waals surface area contributed by atoms with Crippen LogP contribution in [0.25, 0.3) is 0 Å². The number of anilines is 2. The SMILES string of the molecule is CNc1ncc(C(=O)c2cc(F)ccc2OC)c(N)n1. The van der Waals surface area contributed by atoms with Crippen LogP contribution in [0.15, 0.2) is 24.4 Å². The molecule has 0 amide bonds. The number of halogens is 1. The third kappa shape index (κ3) is 2.51. The van der Waals surface area contributed by atoms with Crippen molar-refractivity contribution in [2.24, 2.45) is 0 Å². The Morgan fingerprint density at radius 1 is 1.40 bits per heavy atom. The Morgan fingerprint density at radius 2 is 2.15 bits per heavy atom. The van der Waals surface area contributed by atoms with Crippen LogP contribution in [0, 0.1) is 5.82 Å². The molecule has 0 aliphatic carbocycles. The van der Waals surface area contributed by atoms with Crippen molar-refractivity contribution in [3.63, 3.8) is 0 Å². The highest BCUT2D eigenvalue weighted by Crippen LogP contribution is 2.24. The van der Waals surface area contributed by atoms with Gasteiger partial charge in [0.05, 0.1) is 18.2 Å². The number of ether oxygens (including phenoxy) is 1. The first-order valence-electron chi connectivity index (χ1n) is 5.75. The number of nitrogens with one attached hydrogen (secondary N) is 1. The lowest BCUT2D eigenvalue weighted by Gasteiger charge is -2.09. The third-order valence-electron chi connectivity index (χ3n) is 2.69. The number of nitrogens with zero attached hydrogens (tertiary/aromatic N) is 2. The molecule has 1 aromatic carbocycles. The molecule has 104 valence electrons. The van der Waals surface area contributed by atoms with Crippen LogP contribution in [-0.2, 0) is 0 Å². The normalized spacial score (nSPS) is 10.2. The van der Waals surface area contributed by atoms with Gasteiger partial charge in [-0.05, 0) is 18.2 Å². The second-order valence-corrected chi connectivity index (χ2v) is 3.92. The molecule has 0 radical (unpaired) electrons. The van der Waals surface area contributed by atoms with Crippen LogP contribution in [0.5, 0.6) is 5.75 Å². The fourth-order valence-electron chi connectivity index (χ4n) is 1.69. The summed E-state index contributed by atoms with van der Waals surface area (Å²) in [5.74, 6) is -0.471. The number of carbonyl (C=O) groups excluding carboxylic acids is 1. The van der Waals surface area contributed by atoms with E-state index < -0.39 is 11.6 Å². The quantitative estimate of drug-likeness (QED) is 0.822. The monoisotopic (exact) mass is 276 g/mol. The Kier molecular flexibility index (Phi) is 3.79. The van der Waals surface area contributed by atoms with E-state index in [0.717, 1.165) is 6.07 Å². The largest absolute Gasteiger partial charge is 0.496 e. The molecule has 0 aliphatic rings. The van der Waals surface area contributed by atoms with E-state index in [0.29, 0.717) is 5.95 Å². The third-order valence-corrected chi connectivity index (χ3v) is 2.69. The van der Waals surface area contributed by atoms with Gasteiger partial charge in [-0.1, -0.05) is 0 Å². The van der Waals surface area contributed by atoms with E-state index in [9.17, 15) is 9.18 Å². The molecule has 0 unspecified atom stereocenters. The summed E-state index contributed by atoms with van der Waals surface area (Å²) in [4.78, 5) is 20.2. The number of benzene rings is 1. The highest BCUT2D eigenvalue weighted by Gasteiger charge is 2.19. The topological polar surface area (TPSA) is 90.1 Å². The summed E-state index contributed by atoms with van der Waals surface area (Å²) >= 11 is 0. The minimum absolute atomic E-state index is 0.0145. The highest BCUT2D eigenvalue weighted by atomic mass is 19.1. The number of ketones is 1. The molecule has 2 rings (SSSR count). The number of hydrogen-bond acceptors (Lipinski definition) is 6. The first kappa shape index (κ1) is 13.7. The Labute approximate surface area is 114 Å². The summed E-state index contributed by atoms with van der Waals surface area (Å²) in [6.45, 7) is 0. The molecular formula is C13H13FN4O2. The molecule has 1 heterocycles. The Bertz CT molecular complexity index is 661. The van der Waals surface area contributed by atoms with E-state index >= 15 is 0 Å². The van der Waals surface area contributed by atoms with Gasteiger partial charge in [0, 0.05) is 13.2 Å². The average Bonchev–Trinajstić information content (AvgIpc) is 2.46. The maximum absolute atomic E-state index is 13.3. The van der Waals surface area contributed by atoms with Crippen LogP contribution >= 0.6 is 0 Å². The second-order valence-electron chi connectivity index (χ2n) is 3.92. The van der Waals surface area contributed by atoms with Crippen molar-refractivity contribution >= 4 is 17.5 Å². The maximum Gasteiger partial charge on any atom is 0.224 e. The molecule has 0 saturated heterocycles. The molecule has 7 heteroatoms. The molecule has 20 heavy (non-hydrogen) atoms. The molecule has 1 aromatic heterocycles. The fourth-order valence-corrected chi connectivity index (χ4v) is 1.69. The molecule has 6 nitrogen and oxygen atoms in total. The predicted molar refractivity (Wildman–Crippen MR) is 72.4 cm³/mol. The van der Waals surface area contributed by atoms with Gasteiger partial charge < -0.3 is 15.8 Å². The fraction of sp³-hybridized carbons (Fsp3) is 0.154. The zero-order valence-corrected chi connectivity index (χ0v) is 11.0. The van der Waals surface area contributed by atoms with Gasteiger partial charge in [-0.15, -0.1) is 0 Å². The van der Waals surface area contributed by atoms with Gasteiger partial charge in [-0.25, -0.2) is 9.37 Å². The van der Waals surface area contributed by atoms with Gasteiger partial charge in [0.15, 0.2) is 0 Å². The minimum atomic E-state index is -0.541. The Hall–Kier alpha value is -2.70. The molecule has 0 aliphatic heterocycles. The Morgan fingerprint density at radius 3 is 2.75 bits per heavy atom. The second kappa shape index (κ2) is 5.52. The maximum atomic E-state index is 13.3. The van der Waals surface area contributed by atoms with Gasteiger partial charge in [0.25, 0.3) is 0 Å². The number of nitrogen functional groups attached to an aromatic ring is 1. The summed E-state index contributed by atoms with van der Waals surface area (Å²) in [6, 6.07) is 3.67. The van der Waals surface area contributed by atoms with Crippen LogP contribution in [0.4, 0.5) is 16.2 Å². The molecule has 0 bridgehead atoms. The summed E-state index contributed by atoms with van der Waals surface area (Å²) in [7, 11) is 3.03. The molecular weight excluding hydrogens is 263 g/mol. The Balaban J connectivity index is 2.48. The van der Waals surface area contributed by atoms with E-state index in [1.165, 1.54) is 25.4 Å². The van der Waals surface area contributed by atoms with E-state index in [1.54, 1.807) is 7.05 Å². The number of methoxy groups -OCH3 is 1. The number of nitrogens with two attached hydrogens (primary N) is 1. The van der Waals surface area contributed by atoms with Crippen LogP contribution < -0.4 is 15.8 Å². The summed E-state index contributed by atoms with van der Waals surface area (Å²) in [5.41, 5.74) is 5.88. The molecule has 0 fully saturated rings. The zero-order chi connectivity index (χ0) is 14.7. The van der Waals surface area contributed by atoms with Gasteiger partial charge in [0.1, 0.15) is 17.4 Å². The number of aromatic nitrogens is 2. The van der Waals surface area contributed by atoms with E-state index in [-0.39, 0.29) is 22.7 Å². The molecule has 3 N–H and O–H groups in total. The lowest BCUT2D eigenvalue weighted by Crippen LogP contribution is -2.11. The number of carbonyl (C=O) groups is 1. The van der Waals surface area contributed by atoms with Crippen molar-refractivity contribution in [2.45, 2.75) is 0 Å². The van der Waals surface area contributed by atoms with Crippen molar-refractivity contribution in [3.05, 3.63) is 41.3 Å². The van der Waals surface area contributed by atoms with Crippen LogP contribution in [0.2, 0.25) is 0 Å². The molecule has 0 spiro atoms. The molecule has 0 saturated carbocycles. The van der Waals surface area contributed by atoms with Crippen molar-refractivity contribution in [1.82, 2.24) is 9.97 Å². The van der Waals surface area contributed by atoms with Gasteiger partial charge in [0.2, 0.25) is 11.7 Å². The van der Waals surface area contributed by atoms with Crippen molar-refractivity contribution < 1.29 is 13.9 Å². The lowest BCUT2D eigenvalue weighted by molar-refractivity contribution is 0.103. The number of hydrogen-bond donors (Lipinski definition) is 2. The average molecular weight is 276 g/mol. The van der Waals surface area contributed by atoms with Crippen molar-refractivity contribution in [2.75, 3.05) is 25.2 Å². The summed E-state index contributed by atoms with van der Waals surface area (Å²) in [5, 5.41) is 2.71. The standard InChI is InChI=1S/C13H13FN4O2/c1-16-13-17-6-9(12(15)18-13)11(19)8-5-7(14)3-4-10(8)20-2/h3-6H,1-2H3,(H3,15,16,17,18). The predicted octanol–water partition coefficient (Wildman–Crippen LogP) is 1.48. The zero-order valence-electron chi connectivity index (χ0n) is 11.0. The van der Waals surface area contributed by atoms with Gasteiger partial charge >= 0.3 is 0 Å². The van der Waals surface area contributed by atoms with Gasteiger partial charge in [-0.2, -0.15) is 4.98 Å². The van der Waals surface area contributed by atoms with Crippen LogP contribution in [0.1, 0.15) is 15.9 Å². The summed E-state index contributed by atoms with van der Waals surface area (Å²) in [6.07, 6.45) is 1.29.